The number of aromatic nitrogens is 2. The minimum absolute atomic E-state index is 0.0717. The molecule has 4 aromatic rings. The van der Waals surface area contributed by atoms with Crippen molar-refractivity contribution in [3.8, 4) is 17.0 Å². The highest BCUT2D eigenvalue weighted by molar-refractivity contribution is 6.33. The van der Waals surface area contributed by atoms with E-state index in [1.807, 2.05) is 6.07 Å². The van der Waals surface area contributed by atoms with Gasteiger partial charge in [-0.15, -0.1) is 0 Å². The van der Waals surface area contributed by atoms with Crippen LogP contribution >= 0.6 is 11.6 Å². The molecule has 170 valence electrons. The Balaban J connectivity index is 1.63. The summed E-state index contributed by atoms with van der Waals surface area (Å²) in [6.07, 6.45) is -8.36. The second-order valence-corrected chi connectivity index (χ2v) is 7.50. The molecule has 0 saturated heterocycles. The van der Waals surface area contributed by atoms with Gasteiger partial charge in [0.1, 0.15) is 12.4 Å². The lowest BCUT2D eigenvalue weighted by Crippen LogP contribution is -2.12. The minimum Gasteiger partial charge on any atom is -0.489 e. The van der Waals surface area contributed by atoms with E-state index in [0.717, 1.165) is 0 Å². The molecule has 1 heterocycles. The highest BCUT2D eigenvalue weighted by Gasteiger charge is 2.36. The second kappa shape index (κ2) is 8.55. The Labute approximate surface area is 188 Å². The van der Waals surface area contributed by atoms with Crippen LogP contribution < -0.4 is 4.74 Å². The third-order valence-corrected chi connectivity index (χ3v) is 5.04. The fraction of sp³-hybridized carbons (Fsp3) is 0.130. The third-order valence-electron chi connectivity index (χ3n) is 4.72. The lowest BCUT2D eigenvalue weighted by molar-refractivity contribution is -0.143. The quantitative estimate of drug-likeness (QED) is 0.281. The first-order chi connectivity index (χ1) is 15.5. The third kappa shape index (κ3) is 5.19. The second-order valence-electron chi connectivity index (χ2n) is 7.09. The highest BCUT2D eigenvalue weighted by Crippen LogP contribution is 2.37. The molecule has 0 fully saturated rings. The first kappa shape index (κ1) is 22.8. The molecule has 0 spiro atoms. The number of nitrogens with zero attached hydrogens (tertiary/aromatic N) is 2. The van der Waals surface area contributed by atoms with Crippen LogP contribution in [-0.2, 0) is 19.0 Å². The number of benzene rings is 3. The van der Waals surface area contributed by atoms with Crippen LogP contribution in [0.4, 0.5) is 26.3 Å². The van der Waals surface area contributed by atoms with Crippen LogP contribution in [0.2, 0.25) is 5.02 Å². The van der Waals surface area contributed by atoms with Crippen LogP contribution in [0.5, 0.6) is 5.75 Å². The van der Waals surface area contributed by atoms with Crippen LogP contribution in [-0.4, -0.2) is 9.97 Å². The molecule has 0 amide bonds. The molecular formula is C23H13ClF6N2O. The Morgan fingerprint density at radius 3 is 2.06 bits per heavy atom. The van der Waals surface area contributed by atoms with E-state index in [1.165, 1.54) is 24.4 Å². The van der Waals surface area contributed by atoms with Gasteiger partial charge in [-0.05, 0) is 54.1 Å². The average molecular weight is 483 g/mol. The maximum Gasteiger partial charge on any atom is 0.416 e. The summed E-state index contributed by atoms with van der Waals surface area (Å²) in [6, 6.07) is 12.9. The fourth-order valence-electron chi connectivity index (χ4n) is 3.15. The molecule has 4 rings (SSSR count). The van der Waals surface area contributed by atoms with E-state index in [2.05, 4.69) is 9.97 Å². The molecule has 1 aromatic heterocycles. The van der Waals surface area contributed by atoms with Crippen molar-refractivity contribution in [3.63, 3.8) is 0 Å². The molecule has 0 aliphatic carbocycles. The van der Waals surface area contributed by atoms with Crippen LogP contribution in [0, 0.1) is 0 Å². The number of hydrogen-bond acceptors (Lipinski definition) is 3. The summed E-state index contributed by atoms with van der Waals surface area (Å²) in [5, 5.41) is 0.324. The topological polar surface area (TPSA) is 35.0 Å². The summed E-state index contributed by atoms with van der Waals surface area (Å²) in [6.45, 7) is -0.516. The van der Waals surface area contributed by atoms with E-state index in [1.54, 1.807) is 18.2 Å². The normalized spacial score (nSPS) is 12.2. The van der Waals surface area contributed by atoms with Crippen LogP contribution in [0.1, 0.15) is 16.7 Å². The Morgan fingerprint density at radius 2 is 1.42 bits per heavy atom. The largest absolute Gasteiger partial charge is 0.489 e. The minimum atomic E-state index is -4.93. The Kier molecular flexibility index (Phi) is 5.92. The molecule has 0 saturated carbocycles. The fourth-order valence-corrected chi connectivity index (χ4v) is 3.36. The molecule has 33 heavy (non-hydrogen) atoms. The molecule has 0 aliphatic heterocycles. The number of hydrogen-bond donors (Lipinski definition) is 0. The van der Waals surface area contributed by atoms with Gasteiger partial charge in [0.2, 0.25) is 0 Å². The summed E-state index contributed by atoms with van der Waals surface area (Å²) < 4.78 is 83.8. The van der Waals surface area contributed by atoms with Crippen molar-refractivity contribution in [2.24, 2.45) is 0 Å². The molecule has 0 radical (unpaired) electrons. The van der Waals surface area contributed by atoms with E-state index < -0.39 is 30.1 Å². The van der Waals surface area contributed by atoms with E-state index >= 15 is 0 Å². The standard InChI is InChI=1S/C23H13ClF6N2O/c24-18-6-5-16(10-17(18)21-11-31-19-3-1-2-4-20(19)32-21)33-12-13-7-14(22(25,26)27)9-15(8-13)23(28,29)30/h1-11H,12H2. The van der Waals surface area contributed by atoms with Crippen molar-refractivity contribution in [2.75, 3.05) is 0 Å². The Bertz CT molecular complexity index is 1290. The molecule has 0 bridgehead atoms. The number of fused-ring (bicyclic) bond motifs is 1. The number of halogens is 7. The number of rotatable bonds is 4. The summed E-state index contributed by atoms with van der Waals surface area (Å²) in [7, 11) is 0. The van der Waals surface area contributed by atoms with Crippen LogP contribution in [0.3, 0.4) is 0 Å². The lowest BCUT2D eigenvalue weighted by Gasteiger charge is -2.15. The summed E-state index contributed by atoms with van der Waals surface area (Å²) in [5.41, 5.74) is -0.900. The molecular weight excluding hydrogens is 470 g/mol. The zero-order chi connectivity index (χ0) is 23.8. The molecule has 3 nitrogen and oxygen atoms in total. The van der Waals surface area contributed by atoms with Crippen molar-refractivity contribution < 1.29 is 31.1 Å². The van der Waals surface area contributed by atoms with Crippen molar-refractivity contribution in [1.29, 1.82) is 0 Å². The van der Waals surface area contributed by atoms with Gasteiger partial charge in [0.05, 0.1) is 39.1 Å². The molecule has 0 aliphatic rings. The Hall–Kier alpha value is -3.33. The van der Waals surface area contributed by atoms with Crippen molar-refractivity contribution in [3.05, 3.63) is 88.6 Å². The first-order valence-electron chi connectivity index (χ1n) is 9.43. The monoisotopic (exact) mass is 482 g/mol. The predicted octanol–water partition coefficient (Wildman–Crippen LogP) is 7.57. The van der Waals surface area contributed by atoms with Gasteiger partial charge < -0.3 is 4.74 Å². The zero-order valence-corrected chi connectivity index (χ0v) is 17.3. The summed E-state index contributed by atoms with van der Waals surface area (Å²) >= 11 is 6.27. The van der Waals surface area contributed by atoms with Crippen molar-refractivity contribution in [2.45, 2.75) is 19.0 Å². The van der Waals surface area contributed by atoms with Crippen molar-refractivity contribution in [1.82, 2.24) is 9.97 Å². The van der Waals surface area contributed by atoms with Gasteiger partial charge in [0.15, 0.2) is 0 Å². The maximum atomic E-state index is 13.1. The smallest absolute Gasteiger partial charge is 0.416 e. The van der Waals surface area contributed by atoms with Gasteiger partial charge in [-0.25, -0.2) is 4.98 Å². The highest BCUT2D eigenvalue weighted by atomic mass is 35.5. The number of ether oxygens (including phenoxy) is 1. The van der Waals surface area contributed by atoms with Gasteiger partial charge >= 0.3 is 12.4 Å². The summed E-state index contributed by atoms with van der Waals surface area (Å²) in [4.78, 5) is 8.80. The molecule has 0 N–H and O–H groups in total. The van der Waals surface area contributed by atoms with E-state index in [9.17, 15) is 26.3 Å². The van der Waals surface area contributed by atoms with Gasteiger partial charge in [0, 0.05) is 5.56 Å². The molecule has 10 heteroatoms. The SMILES string of the molecule is FC(F)(F)c1cc(COc2ccc(Cl)c(-c3cnc4ccccc4n3)c2)cc(C(F)(F)F)c1. The van der Waals surface area contributed by atoms with E-state index in [0.29, 0.717) is 39.4 Å². The molecule has 0 atom stereocenters. The molecule has 0 unspecified atom stereocenters. The maximum absolute atomic E-state index is 13.1. The Morgan fingerprint density at radius 1 is 0.788 bits per heavy atom. The van der Waals surface area contributed by atoms with Crippen LogP contribution in [0.25, 0.3) is 22.3 Å². The van der Waals surface area contributed by atoms with Gasteiger partial charge in [-0.3, -0.25) is 4.98 Å². The van der Waals surface area contributed by atoms with Gasteiger partial charge in [0.25, 0.3) is 0 Å². The van der Waals surface area contributed by atoms with Crippen molar-refractivity contribution >= 4 is 22.6 Å². The zero-order valence-electron chi connectivity index (χ0n) is 16.5. The number of para-hydroxylation sites is 2. The average Bonchev–Trinajstić information content (AvgIpc) is 2.77. The van der Waals surface area contributed by atoms with Gasteiger partial charge in [-0.1, -0.05) is 23.7 Å². The summed E-state index contributed by atoms with van der Waals surface area (Å²) in [5.74, 6) is 0.190. The first-order valence-corrected chi connectivity index (χ1v) is 9.81. The lowest BCUT2D eigenvalue weighted by atomic mass is 10.1. The molecule has 3 aromatic carbocycles. The van der Waals surface area contributed by atoms with E-state index in [4.69, 9.17) is 16.3 Å². The van der Waals surface area contributed by atoms with Crippen LogP contribution in [0.15, 0.2) is 66.9 Å². The van der Waals surface area contributed by atoms with E-state index in [-0.39, 0.29) is 17.4 Å². The predicted molar refractivity (Wildman–Crippen MR) is 111 cm³/mol. The van der Waals surface area contributed by atoms with Gasteiger partial charge in [-0.2, -0.15) is 26.3 Å². The number of alkyl halides is 6.